The zero-order chi connectivity index (χ0) is 28.0. The molecule has 3 saturated heterocycles. The van der Waals surface area contributed by atoms with Gasteiger partial charge in [-0.1, -0.05) is 6.92 Å². The van der Waals surface area contributed by atoms with E-state index in [4.69, 9.17) is 5.73 Å². The van der Waals surface area contributed by atoms with Crippen molar-refractivity contribution in [3.8, 4) is 0 Å². The first-order chi connectivity index (χ1) is 18.6. The number of aliphatic carboxylic acids is 1. The van der Waals surface area contributed by atoms with Crippen LogP contribution in [-0.2, 0) is 25.7 Å². The number of tetrazole rings is 1. The molecule has 14 nitrogen and oxygen atoms in total. The molecule has 0 saturated carbocycles. The number of carbonyl (C=O) groups excluding carboxylic acids is 3. The lowest BCUT2D eigenvalue weighted by atomic mass is 9.78. The molecule has 0 radical (unpaired) electrons. The fourth-order valence-electron chi connectivity index (χ4n) is 6.22. The van der Waals surface area contributed by atoms with Gasteiger partial charge in [-0.05, 0) is 30.2 Å². The molecule has 5 N–H and O–H groups in total. The van der Waals surface area contributed by atoms with Crippen LogP contribution in [-0.4, -0.2) is 114 Å². The average molecular weight is 566 g/mol. The molecule has 39 heavy (non-hydrogen) atoms. The van der Waals surface area contributed by atoms with Crippen molar-refractivity contribution in [1.29, 1.82) is 0 Å². The fourth-order valence-corrected chi connectivity index (χ4v) is 7.69. The third kappa shape index (κ3) is 5.00. The molecule has 16 heteroatoms. The van der Waals surface area contributed by atoms with Gasteiger partial charge in [0.25, 0.3) is 0 Å². The van der Waals surface area contributed by atoms with E-state index in [9.17, 15) is 28.7 Å². The number of hydrogen-bond acceptors (Lipinski definition) is 10. The van der Waals surface area contributed by atoms with E-state index in [1.54, 1.807) is 6.92 Å². The number of hydrogen-bond donors (Lipinski definition) is 4. The first-order valence-electron chi connectivity index (χ1n) is 12.9. The predicted octanol–water partition coefficient (Wildman–Crippen LogP) is -1.69. The van der Waals surface area contributed by atoms with Crippen molar-refractivity contribution in [2.45, 2.75) is 68.7 Å². The van der Waals surface area contributed by atoms with Crippen molar-refractivity contribution in [3.63, 3.8) is 0 Å². The van der Waals surface area contributed by atoms with E-state index in [0.717, 1.165) is 0 Å². The maximum atomic E-state index is 13.4. The summed E-state index contributed by atoms with van der Waals surface area (Å²) in [7, 11) is 0. The predicted molar refractivity (Wildman–Crippen MR) is 135 cm³/mol. The number of aromatic nitrogens is 4. The van der Waals surface area contributed by atoms with E-state index in [1.165, 1.54) is 32.6 Å². The van der Waals surface area contributed by atoms with Crippen LogP contribution >= 0.6 is 11.8 Å². The second-order valence-corrected chi connectivity index (χ2v) is 12.0. The second kappa shape index (κ2) is 10.8. The molecule has 1 unspecified atom stereocenters. The lowest BCUT2D eigenvalue weighted by Crippen LogP contribution is -2.66. The Hall–Kier alpha value is -3.11. The van der Waals surface area contributed by atoms with Crippen LogP contribution in [0.15, 0.2) is 16.9 Å². The Labute approximate surface area is 227 Å². The van der Waals surface area contributed by atoms with Crippen molar-refractivity contribution in [2.75, 3.05) is 19.8 Å². The molecule has 3 amide bonds. The van der Waals surface area contributed by atoms with E-state index >= 15 is 0 Å². The van der Waals surface area contributed by atoms with E-state index in [0.29, 0.717) is 30.8 Å². The second-order valence-electron chi connectivity index (χ2n) is 10.6. The van der Waals surface area contributed by atoms with Crippen LogP contribution in [0, 0.1) is 11.8 Å². The van der Waals surface area contributed by atoms with E-state index in [1.807, 2.05) is 6.92 Å². The van der Waals surface area contributed by atoms with Crippen LogP contribution in [0.2, 0.25) is 0 Å². The molecule has 0 spiro atoms. The monoisotopic (exact) mass is 565 g/mol. The molecule has 0 bridgehead atoms. The molecule has 0 aliphatic carbocycles. The number of carbonyl (C=O) groups is 4. The summed E-state index contributed by atoms with van der Waals surface area (Å²) < 4.78 is 14.7. The normalized spacial score (nSPS) is 32.8. The number of fused-ring (bicyclic) bond motifs is 1. The zero-order valence-corrected chi connectivity index (χ0v) is 22.4. The summed E-state index contributed by atoms with van der Waals surface area (Å²) in [6, 6.07) is -2.20. The lowest BCUT2D eigenvalue weighted by molar-refractivity contribution is -0.158. The van der Waals surface area contributed by atoms with Crippen LogP contribution in [0.1, 0.15) is 26.7 Å². The lowest BCUT2D eigenvalue weighted by Gasteiger charge is -2.47. The van der Waals surface area contributed by atoms with Gasteiger partial charge < -0.3 is 31.3 Å². The zero-order valence-electron chi connectivity index (χ0n) is 21.6. The molecule has 212 valence electrons. The third-order valence-corrected chi connectivity index (χ3v) is 9.52. The number of carboxylic acids is 1. The molecule has 1 aromatic heterocycles. The Morgan fingerprint density at radius 3 is 2.79 bits per heavy atom. The number of alkyl halides is 1. The number of rotatable bonds is 9. The number of halogens is 1. The highest BCUT2D eigenvalue weighted by Crippen LogP contribution is 2.51. The Bertz CT molecular complexity index is 1180. The Kier molecular flexibility index (Phi) is 7.61. The number of thioether (sulfide) groups is 1. The minimum atomic E-state index is -1.19. The van der Waals surface area contributed by atoms with Crippen molar-refractivity contribution in [1.82, 2.24) is 40.6 Å². The molecular weight excluding hydrogens is 533 g/mol. The Balaban J connectivity index is 1.23. The summed E-state index contributed by atoms with van der Waals surface area (Å²) in [5.41, 5.74) is 5.91. The topological polar surface area (TPSA) is 189 Å². The van der Waals surface area contributed by atoms with Gasteiger partial charge in [0.1, 0.15) is 25.2 Å². The highest BCUT2D eigenvalue weighted by Gasteiger charge is 2.60. The van der Waals surface area contributed by atoms with E-state index < -0.39 is 42.7 Å². The van der Waals surface area contributed by atoms with Gasteiger partial charge in [0.2, 0.25) is 17.7 Å². The molecule has 8 atom stereocenters. The third-order valence-electron chi connectivity index (χ3n) is 8.01. The van der Waals surface area contributed by atoms with Crippen LogP contribution in [0.3, 0.4) is 0 Å². The summed E-state index contributed by atoms with van der Waals surface area (Å²) in [5, 5.41) is 26.5. The van der Waals surface area contributed by atoms with Gasteiger partial charge in [-0.25, -0.2) is 13.9 Å². The summed E-state index contributed by atoms with van der Waals surface area (Å²) in [5.74, 6) is -2.96. The molecule has 5 rings (SSSR count). The van der Waals surface area contributed by atoms with Gasteiger partial charge in [0.15, 0.2) is 0 Å². The van der Waals surface area contributed by atoms with Gasteiger partial charge in [-0.3, -0.25) is 14.4 Å². The Morgan fingerprint density at radius 1 is 1.36 bits per heavy atom. The van der Waals surface area contributed by atoms with Crippen molar-refractivity contribution in [3.05, 3.63) is 16.9 Å². The summed E-state index contributed by atoms with van der Waals surface area (Å²) in [4.78, 5) is 54.3. The van der Waals surface area contributed by atoms with Gasteiger partial charge >= 0.3 is 5.97 Å². The maximum Gasteiger partial charge on any atom is 0.353 e. The van der Waals surface area contributed by atoms with Gasteiger partial charge in [0, 0.05) is 41.2 Å². The number of nitrogens with one attached hydrogen (secondary N) is 2. The van der Waals surface area contributed by atoms with Crippen LogP contribution < -0.4 is 16.4 Å². The first kappa shape index (κ1) is 27.5. The SMILES string of the molecule is CC(NC(=O)Cn1cnnn1)[C@H]1C(=O)N2C(C(=O)O)=C(S[C@@H]3CN[C@H](C(=O)N4C[C@@H](N)C[C@H]4CF)C3)[C@H](C)[C@H]12. The van der Waals surface area contributed by atoms with Crippen LogP contribution in [0.4, 0.5) is 4.39 Å². The maximum absolute atomic E-state index is 13.4. The number of carboxylic acid groups (broad SMARTS) is 1. The summed E-state index contributed by atoms with van der Waals surface area (Å²) in [6.07, 6.45) is 2.19. The quantitative estimate of drug-likeness (QED) is 0.250. The van der Waals surface area contributed by atoms with Crippen molar-refractivity contribution < 1.29 is 28.7 Å². The molecule has 3 fully saturated rings. The number of likely N-dealkylation sites (tertiary alicyclic amines) is 1. The van der Waals surface area contributed by atoms with Crippen LogP contribution in [0.5, 0.6) is 0 Å². The number of β-lactam (4-membered cyclic amide) rings is 1. The number of nitrogens with zero attached hydrogens (tertiary/aromatic N) is 6. The van der Waals surface area contributed by atoms with Gasteiger partial charge in [-0.2, -0.15) is 0 Å². The molecule has 5 heterocycles. The van der Waals surface area contributed by atoms with Crippen molar-refractivity contribution >= 4 is 35.5 Å². The smallest absolute Gasteiger partial charge is 0.353 e. The first-order valence-corrected chi connectivity index (χ1v) is 13.8. The Morgan fingerprint density at radius 2 is 2.13 bits per heavy atom. The molecular formula is C23H32FN9O5S. The largest absolute Gasteiger partial charge is 0.477 e. The van der Waals surface area contributed by atoms with Crippen LogP contribution in [0.25, 0.3) is 0 Å². The average Bonchev–Trinajstić information content (AvgIpc) is 3.67. The number of amides is 3. The van der Waals surface area contributed by atoms with E-state index in [-0.39, 0.29) is 47.2 Å². The molecule has 4 aliphatic rings. The van der Waals surface area contributed by atoms with Crippen molar-refractivity contribution in [2.24, 2.45) is 17.6 Å². The molecule has 1 aromatic rings. The standard InChI is InChI=1S/C23H32FN9O5S/c1-10-18-17(11(2)28-16(34)8-31-9-27-29-30-31)22(36)33(18)19(23(37)38)20(10)39-14-4-15(26-6-14)21(35)32-7-12(25)3-13(32)5-24/h9-15,17-18,26H,3-8,25H2,1-2H3,(H,28,34)(H,37,38)/t10-,11?,12+,13+,14+,15+,17-,18-/m1/s1. The minimum Gasteiger partial charge on any atom is -0.477 e. The van der Waals surface area contributed by atoms with E-state index in [2.05, 4.69) is 26.2 Å². The molecule has 0 aromatic carbocycles. The molecule has 4 aliphatic heterocycles. The summed E-state index contributed by atoms with van der Waals surface area (Å²) in [6.45, 7) is 3.65. The minimum absolute atomic E-state index is 0.0382. The highest BCUT2D eigenvalue weighted by atomic mass is 32.2. The fraction of sp³-hybridized carbons (Fsp3) is 0.696. The summed E-state index contributed by atoms with van der Waals surface area (Å²) >= 11 is 1.37. The number of nitrogens with two attached hydrogens (primary N) is 1. The van der Waals surface area contributed by atoms with Gasteiger partial charge in [0.05, 0.1) is 24.0 Å². The van der Waals surface area contributed by atoms with Gasteiger partial charge in [-0.15, -0.1) is 16.9 Å². The highest BCUT2D eigenvalue weighted by molar-refractivity contribution is 8.03.